The van der Waals surface area contributed by atoms with Crippen molar-refractivity contribution >= 4 is 11.7 Å². The van der Waals surface area contributed by atoms with Gasteiger partial charge in [0.25, 0.3) is 5.92 Å². The van der Waals surface area contributed by atoms with Gasteiger partial charge < -0.3 is 20.1 Å². The van der Waals surface area contributed by atoms with Gasteiger partial charge in [0.2, 0.25) is 5.91 Å². The highest BCUT2D eigenvalue weighted by atomic mass is 19.3. The molecular formula is C26H42F2N4O3. The minimum absolute atomic E-state index is 0.0185. The fourth-order valence-corrected chi connectivity index (χ4v) is 6.65. The van der Waals surface area contributed by atoms with Crippen LogP contribution in [0.5, 0.6) is 0 Å². The van der Waals surface area contributed by atoms with Crippen LogP contribution in [0.4, 0.5) is 8.78 Å². The molecule has 4 aliphatic rings. The molecular weight excluding hydrogens is 454 g/mol. The van der Waals surface area contributed by atoms with Gasteiger partial charge in [-0.05, 0) is 62.9 Å². The van der Waals surface area contributed by atoms with Crippen LogP contribution in [0.2, 0.25) is 0 Å². The fourth-order valence-electron chi connectivity index (χ4n) is 6.65. The summed E-state index contributed by atoms with van der Waals surface area (Å²) < 4.78 is 34.1. The number of carbonyl (C=O) groups excluding carboxylic acids is 1. The van der Waals surface area contributed by atoms with E-state index in [0.29, 0.717) is 25.3 Å². The number of ether oxygens (including phenoxy) is 1. The lowest BCUT2D eigenvalue weighted by molar-refractivity contribution is -0.130. The van der Waals surface area contributed by atoms with Gasteiger partial charge in [-0.2, -0.15) is 0 Å². The molecule has 198 valence electrons. The van der Waals surface area contributed by atoms with Gasteiger partial charge in [-0.25, -0.2) is 8.78 Å². The summed E-state index contributed by atoms with van der Waals surface area (Å²) in [6.07, 6.45) is 6.16. The number of aliphatic imine (C=N–C) groups is 1. The summed E-state index contributed by atoms with van der Waals surface area (Å²) in [5, 5.41) is 16.3. The second-order valence-electron chi connectivity index (χ2n) is 10.9. The molecule has 1 saturated heterocycles. The van der Waals surface area contributed by atoms with E-state index in [1.54, 1.807) is 14.0 Å². The SMILES string of the molecule is COC1=C(C2CCN(C(C)=O)CC2)CC2C(NC[C@@H]3CCCC(C(F)(F)CO)C3)=NC(C)NC2C1. The third-order valence-electron chi connectivity index (χ3n) is 8.67. The van der Waals surface area contributed by atoms with E-state index < -0.39 is 18.4 Å². The first-order valence-corrected chi connectivity index (χ1v) is 13.3. The van der Waals surface area contributed by atoms with Gasteiger partial charge in [0.15, 0.2) is 0 Å². The summed E-state index contributed by atoms with van der Waals surface area (Å²) in [5.74, 6) is -0.807. The molecule has 2 aliphatic carbocycles. The maximum Gasteiger partial charge on any atom is 0.273 e. The molecule has 0 bridgehead atoms. The lowest BCUT2D eigenvalue weighted by atomic mass is 9.74. The van der Waals surface area contributed by atoms with Gasteiger partial charge in [-0.3, -0.25) is 15.1 Å². The summed E-state index contributed by atoms with van der Waals surface area (Å²) in [6.45, 7) is 4.81. The lowest BCUT2D eigenvalue weighted by Gasteiger charge is -2.43. The van der Waals surface area contributed by atoms with E-state index in [0.717, 1.165) is 63.2 Å². The molecule has 2 fully saturated rings. The van der Waals surface area contributed by atoms with Crippen LogP contribution in [-0.4, -0.2) is 73.2 Å². The molecule has 0 radical (unpaired) electrons. The van der Waals surface area contributed by atoms with Crippen molar-refractivity contribution in [1.29, 1.82) is 0 Å². The molecule has 7 nitrogen and oxygen atoms in total. The number of nitrogens with zero attached hydrogens (tertiary/aromatic N) is 2. The summed E-state index contributed by atoms with van der Waals surface area (Å²) >= 11 is 0. The van der Waals surface area contributed by atoms with Gasteiger partial charge >= 0.3 is 0 Å². The first-order valence-electron chi connectivity index (χ1n) is 13.3. The first kappa shape index (κ1) is 26.3. The third-order valence-corrected chi connectivity index (χ3v) is 8.67. The van der Waals surface area contributed by atoms with Crippen molar-refractivity contribution in [2.75, 3.05) is 33.4 Å². The van der Waals surface area contributed by atoms with Crippen molar-refractivity contribution in [1.82, 2.24) is 15.5 Å². The zero-order valence-corrected chi connectivity index (χ0v) is 21.4. The Labute approximate surface area is 207 Å². The Balaban J connectivity index is 1.42. The number of nitrogens with one attached hydrogen (secondary N) is 2. The number of hydrogen-bond donors (Lipinski definition) is 3. The molecule has 2 aliphatic heterocycles. The van der Waals surface area contributed by atoms with Crippen molar-refractivity contribution in [2.24, 2.45) is 28.7 Å². The van der Waals surface area contributed by atoms with E-state index in [4.69, 9.17) is 14.8 Å². The monoisotopic (exact) mass is 496 g/mol. The third kappa shape index (κ3) is 5.98. The number of aliphatic hydroxyl groups excluding tert-OH is 1. The number of hydrogen-bond acceptors (Lipinski definition) is 6. The predicted octanol–water partition coefficient (Wildman–Crippen LogP) is 3.30. The Morgan fingerprint density at radius 3 is 2.66 bits per heavy atom. The highest BCUT2D eigenvalue weighted by molar-refractivity contribution is 5.86. The van der Waals surface area contributed by atoms with Crippen LogP contribution < -0.4 is 10.6 Å². The number of amides is 1. The van der Waals surface area contributed by atoms with E-state index in [9.17, 15) is 13.6 Å². The van der Waals surface area contributed by atoms with Crippen molar-refractivity contribution in [3.8, 4) is 0 Å². The zero-order valence-electron chi connectivity index (χ0n) is 21.4. The highest BCUT2D eigenvalue weighted by Crippen LogP contribution is 2.41. The van der Waals surface area contributed by atoms with Gasteiger partial charge in [0.1, 0.15) is 12.4 Å². The maximum atomic E-state index is 14.1. The summed E-state index contributed by atoms with van der Waals surface area (Å²) in [5.41, 5.74) is 1.35. The number of halogens is 2. The summed E-state index contributed by atoms with van der Waals surface area (Å²) in [6, 6.07) is 0.221. The Hall–Kier alpha value is -1.74. The number of methoxy groups -OCH3 is 1. The maximum absolute atomic E-state index is 14.1. The quantitative estimate of drug-likeness (QED) is 0.525. The second-order valence-corrected chi connectivity index (χ2v) is 10.9. The number of fused-ring (bicyclic) bond motifs is 1. The Bertz CT molecular complexity index is 825. The molecule has 9 heteroatoms. The van der Waals surface area contributed by atoms with E-state index in [-0.39, 0.29) is 30.0 Å². The molecule has 2 heterocycles. The number of amidine groups is 1. The van der Waals surface area contributed by atoms with Gasteiger partial charge in [0, 0.05) is 50.9 Å². The van der Waals surface area contributed by atoms with Crippen LogP contribution in [0.25, 0.3) is 0 Å². The normalized spacial score (nSPS) is 32.7. The fraction of sp³-hybridized carbons (Fsp3) is 0.846. The molecule has 3 N–H and O–H groups in total. The number of alkyl halides is 2. The Morgan fingerprint density at radius 2 is 2.00 bits per heavy atom. The molecule has 0 aromatic carbocycles. The van der Waals surface area contributed by atoms with Crippen LogP contribution in [-0.2, 0) is 9.53 Å². The first-order chi connectivity index (χ1) is 16.7. The molecule has 1 saturated carbocycles. The average Bonchev–Trinajstić information content (AvgIpc) is 2.86. The summed E-state index contributed by atoms with van der Waals surface area (Å²) in [7, 11) is 1.75. The van der Waals surface area contributed by atoms with Crippen LogP contribution in [0, 0.1) is 23.7 Å². The highest BCUT2D eigenvalue weighted by Gasteiger charge is 2.43. The smallest absolute Gasteiger partial charge is 0.273 e. The van der Waals surface area contributed by atoms with Crippen molar-refractivity contribution < 1.29 is 23.4 Å². The largest absolute Gasteiger partial charge is 0.501 e. The predicted molar refractivity (Wildman–Crippen MR) is 131 cm³/mol. The Kier molecular flexibility index (Phi) is 8.36. The number of allylic oxidation sites excluding steroid dienone is 1. The molecule has 35 heavy (non-hydrogen) atoms. The zero-order chi connectivity index (χ0) is 25.2. The van der Waals surface area contributed by atoms with Gasteiger partial charge in [-0.15, -0.1) is 0 Å². The van der Waals surface area contributed by atoms with Crippen LogP contribution >= 0.6 is 0 Å². The van der Waals surface area contributed by atoms with Crippen LogP contribution in [0.15, 0.2) is 16.3 Å². The number of piperidine rings is 1. The van der Waals surface area contributed by atoms with E-state index in [2.05, 4.69) is 10.6 Å². The molecule has 5 atom stereocenters. The molecule has 1 amide bonds. The van der Waals surface area contributed by atoms with Crippen molar-refractivity contribution in [2.45, 2.75) is 83.3 Å². The molecule has 4 rings (SSSR count). The Morgan fingerprint density at radius 1 is 1.26 bits per heavy atom. The topological polar surface area (TPSA) is 86.2 Å². The van der Waals surface area contributed by atoms with Crippen molar-refractivity contribution in [3.05, 3.63) is 11.3 Å². The van der Waals surface area contributed by atoms with Crippen LogP contribution in [0.1, 0.15) is 65.2 Å². The number of aliphatic hydroxyl groups is 1. The standard InChI is InChI=1S/C26H42F2N4O3/c1-16-30-23-13-24(35-3)21(19-7-9-32(10-8-19)17(2)34)12-22(23)25(31-16)29-14-18-5-4-6-20(11-18)26(27,28)15-33/h16,18-20,22-23,30,33H,4-15H2,1-3H3,(H,29,31)/t16?,18-,20?,22?,23?/m1/s1. The number of carbonyl (C=O) groups is 1. The number of likely N-dealkylation sites (tertiary alicyclic amines) is 1. The minimum atomic E-state index is -3.00. The molecule has 0 spiro atoms. The average molecular weight is 497 g/mol. The van der Waals surface area contributed by atoms with E-state index in [1.165, 1.54) is 5.57 Å². The van der Waals surface area contributed by atoms with Gasteiger partial charge in [0.05, 0.1) is 19.0 Å². The molecule has 0 aromatic heterocycles. The lowest BCUT2D eigenvalue weighted by Crippen LogP contribution is -2.55. The van der Waals surface area contributed by atoms with Crippen molar-refractivity contribution in [3.63, 3.8) is 0 Å². The summed E-state index contributed by atoms with van der Waals surface area (Å²) in [4.78, 5) is 18.6. The van der Waals surface area contributed by atoms with E-state index in [1.807, 2.05) is 11.8 Å². The van der Waals surface area contributed by atoms with E-state index >= 15 is 0 Å². The number of rotatable bonds is 6. The second kappa shape index (κ2) is 11.1. The van der Waals surface area contributed by atoms with Crippen LogP contribution in [0.3, 0.4) is 0 Å². The van der Waals surface area contributed by atoms with Gasteiger partial charge in [-0.1, -0.05) is 6.42 Å². The molecule has 4 unspecified atom stereocenters. The minimum Gasteiger partial charge on any atom is -0.501 e. The molecule has 0 aromatic rings.